The smallest absolute Gasteiger partial charge is 0.310 e. The highest BCUT2D eigenvalue weighted by Gasteiger charge is 2.70. The first-order chi connectivity index (χ1) is 16.5. The van der Waals surface area contributed by atoms with Gasteiger partial charge in [0, 0.05) is 10.8 Å². The predicted molar refractivity (Wildman–Crippen MR) is 133 cm³/mol. The molecular formula is C30H41NO4. The summed E-state index contributed by atoms with van der Waals surface area (Å²) in [7, 11) is 0. The van der Waals surface area contributed by atoms with Crippen LogP contribution in [-0.2, 0) is 19.1 Å². The molecule has 6 atom stereocenters. The minimum atomic E-state index is -0.386. The van der Waals surface area contributed by atoms with Gasteiger partial charge in [0.25, 0.3) is 0 Å². The molecule has 0 N–H and O–H groups in total. The van der Waals surface area contributed by atoms with Crippen molar-refractivity contribution in [2.45, 2.75) is 79.6 Å². The van der Waals surface area contributed by atoms with Crippen molar-refractivity contribution < 1.29 is 19.1 Å². The Hall–Kier alpha value is -2.09. The molecule has 0 aromatic carbocycles. The largest absolute Gasteiger partial charge is 0.465 e. The summed E-state index contributed by atoms with van der Waals surface area (Å²) in [6.07, 6.45) is 14.1. The summed E-state index contributed by atoms with van der Waals surface area (Å²) in [5.41, 5.74) is 1.15. The monoisotopic (exact) mass is 479 g/mol. The van der Waals surface area contributed by atoms with E-state index in [9.17, 15) is 9.59 Å². The van der Waals surface area contributed by atoms with Crippen molar-refractivity contribution in [2.24, 2.45) is 51.2 Å². The molecule has 5 aliphatic rings. The van der Waals surface area contributed by atoms with E-state index in [0.29, 0.717) is 24.4 Å². The number of ether oxygens (including phenoxy) is 2. The van der Waals surface area contributed by atoms with Crippen LogP contribution in [0.5, 0.6) is 0 Å². The van der Waals surface area contributed by atoms with Crippen LogP contribution in [0.15, 0.2) is 23.8 Å². The molecule has 4 saturated carbocycles. The Balaban J connectivity index is 1.42. The van der Waals surface area contributed by atoms with E-state index >= 15 is 0 Å². The molecule has 0 amide bonds. The number of carbonyl (C=O) groups excluding carboxylic acids is 2. The number of nitrogens with zero attached hydrogens (tertiary/aromatic N) is 1. The zero-order valence-corrected chi connectivity index (χ0v) is 22.1. The number of fused-ring (bicyclic) bond motifs is 5. The summed E-state index contributed by atoms with van der Waals surface area (Å²) in [4.78, 5) is 26.4. The van der Waals surface area contributed by atoms with Gasteiger partial charge in [0.2, 0.25) is 0 Å². The van der Waals surface area contributed by atoms with Crippen LogP contribution in [0.25, 0.3) is 0 Å². The summed E-state index contributed by atoms with van der Waals surface area (Å²) in [6, 6.07) is 1.94. The third-order valence-electron chi connectivity index (χ3n) is 11.6. The normalized spacial score (nSPS) is 40.4. The number of nitriles is 1. The van der Waals surface area contributed by atoms with Gasteiger partial charge < -0.3 is 9.47 Å². The van der Waals surface area contributed by atoms with Crippen molar-refractivity contribution >= 4 is 11.9 Å². The van der Waals surface area contributed by atoms with E-state index in [1.807, 2.05) is 6.07 Å². The average molecular weight is 480 g/mol. The third kappa shape index (κ3) is 3.45. The molecule has 5 heteroatoms. The lowest BCUT2D eigenvalue weighted by Crippen LogP contribution is -2.53. The van der Waals surface area contributed by atoms with Gasteiger partial charge in [-0.3, -0.25) is 9.59 Å². The van der Waals surface area contributed by atoms with Crippen molar-refractivity contribution in [2.75, 3.05) is 13.2 Å². The minimum absolute atomic E-state index is 0.0758. The zero-order chi connectivity index (χ0) is 25.2. The molecule has 0 heterocycles. The van der Waals surface area contributed by atoms with Crippen LogP contribution in [0.4, 0.5) is 0 Å². The standard InChI is InChI=1S/C30H41NO4/c1-27(2)24(28(27,3)4)26(33)35-18-30-15-13-21-20(10-9-19-8-6-7-14-29(19,21)5)22(30)11-12-23(30)25(32)34-17-16-31/h7-8,14,20-24H,6,9-13,15,17-18H2,1-5H3/t20-,21+,22+,23-,29+,30-/m1/s1. The van der Waals surface area contributed by atoms with E-state index in [1.165, 1.54) is 0 Å². The molecule has 0 aromatic rings. The SMILES string of the molecule is CC1(C)C(C(=O)OC[C@]23CC[C@H]4[C@@H](CCC5=CCC=C[C@@]54C)[C@@H]2CC[C@@H]3C(=O)OCC#N)C1(C)C. The zero-order valence-electron chi connectivity index (χ0n) is 22.1. The van der Waals surface area contributed by atoms with Gasteiger partial charge in [-0.1, -0.05) is 58.4 Å². The van der Waals surface area contributed by atoms with Crippen LogP contribution in [0.1, 0.15) is 79.6 Å². The Kier molecular flexibility index (Phi) is 5.78. The quantitative estimate of drug-likeness (QED) is 0.357. The van der Waals surface area contributed by atoms with Crippen molar-refractivity contribution in [3.63, 3.8) is 0 Å². The summed E-state index contributed by atoms with van der Waals surface area (Å²) >= 11 is 0. The number of rotatable bonds is 5. The topological polar surface area (TPSA) is 76.4 Å². The fourth-order valence-electron chi connectivity index (χ4n) is 9.06. The molecule has 0 bridgehead atoms. The third-order valence-corrected chi connectivity index (χ3v) is 11.6. The van der Waals surface area contributed by atoms with Crippen LogP contribution < -0.4 is 0 Å². The first kappa shape index (κ1) is 24.6. The number of hydrogen-bond acceptors (Lipinski definition) is 5. The van der Waals surface area contributed by atoms with E-state index in [-0.39, 0.29) is 52.0 Å². The first-order valence-electron chi connectivity index (χ1n) is 13.6. The summed E-state index contributed by atoms with van der Waals surface area (Å²) < 4.78 is 11.5. The van der Waals surface area contributed by atoms with E-state index in [0.717, 1.165) is 44.9 Å². The highest BCUT2D eigenvalue weighted by Crippen LogP contribution is 2.69. The summed E-state index contributed by atoms with van der Waals surface area (Å²) in [5.74, 6) is 0.584. The summed E-state index contributed by atoms with van der Waals surface area (Å²) in [6.45, 7) is 11.0. The van der Waals surface area contributed by atoms with Gasteiger partial charge >= 0.3 is 11.9 Å². The Morgan fingerprint density at radius 2 is 1.74 bits per heavy atom. The molecule has 0 unspecified atom stereocenters. The Morgan fingerprint density at radius 1 is 1.00 bits per heavy atom. The summed E-state index contributed by atoms with van der Waals surface area (Å²) in [5, 5.41) is 8.98. The molecule has 35 heavy (non-hydrogen) atoms. The van der Waals surface area contributed by atoms with Gasteiger partial charge in [0.05, 0.1) is 18.4 Å². The lowest BCUT2D eigenvalue weighted by atomic mass is 9.47. The first-order valence-corrected chi connectivity index (χ1v) is 13.6. The molecular weight excluding hydrogens is 438 g/mol. The van der Waals surface area contributed by atoms with Gasteiger partial charge in [-0.2, -0.15) is 5.26 Å². The molecule has 5 rings (SSSR count). The van der Waals surface area contributed by atoms with E-state index < -0.39 is 0 Å². The fraction of sp³-hybridized carbons (Fsp3) is 0.767. The van der Waals surface area contributed by atoms with Crippen molar-refractivity contribution in [3.05, 3.63) is 23.8 Å². The molecule has 0 radical (unpaired) electrons. The van der Waals surface area contributed by atoms with Crippen LogP contribution >= 0.6 is 0 Å². The molecule has 0 spiro atoms. The number of esters is 2. The molecule has 4 fully saturated rings. The van der Waals surface area contributed by atoms with Crippen molar-refractivity contribution in [1.82, 2.24) is 0 Å². The van der Waals surface area contributed by atoms with Gasteiger partial charge in [0.1, 0.15) is 6.07 Å². The van der Waals surface area contributed by atoms with Crippen molar-refractivity contribution in [3.8, 4) is 6.07 Å². The second kappa shape index (κ2) is 8.22. The van der Waals surface area contributed by atoms with Crippen LogP contribution in [0.3, 0.4) is 0 Å². The molecule has 5 nitrogen and oxygen atoms in total. The number of hydrogen-bond donors (Lipinski definition) is 0. The number of carbonyl (C=O) groups is 2. The van der Waals surface area contributed by atoms with E-state index in [2.05, 4.69) is 52.8 Å². The van der Waals surface area contributed by atoms with Gasteiger partial charge in [-0.05, 0) is 73.5 Å². The molecule has 190 valence electrons. The highest BCUT2D eigenvalue weighted by molar-refractivity contribution is 5.79. The predicted octanol–water partition coefficient (Wildman–Crippen LogP) is 6.00. The molecule has 0 aromatic heterocycles. The maximum absolute atomic E-state index is 13.2. The van der Waals surface area contributed by atoms with Crippen LogP contribution in [-0.4, -0.2) is 25.2 Å². The van der Waals surface area contributed by atoms with E-state index in [4.69, 9.17) is 14.7 Å². The maximum atomic E-state index is 13.2. The van der Waals surface area contributed by atoms with Crippen LogP contribution in [0, 0.1) is 62.6 Å². The number of allylic oxidation sites excluding steroid dienone is 4. The van der Waals surface area contributed by atoms with Gasteiger partial charge in [-0.15, -0.1) is 0 Å². The van der Waals surface area contributed by atoms with Gasteiger partial charge in [0.15, 0.2) is 6.61 Å². The van der Waals surface area contributed by atoms with Crippen LogP contribution in [0.2, 0.25) is 0 Å². The highest BCUT2D eigenvalue weighted by atomic mass is 16.5. The van der Waals surface area contributed by atoms with Gasteiger partial charge in [-0.25, -0.2) is 0 Å². The Labute approximate surface area is 210 Å². The lowest BCUT2D eigenvalue weighted by Gasteiger charge is -2.57. The fourth-order valence-corrected chi connectivity index (χ4v) is 9.06. The molecule has 5 aliphatic carbocycles. The Morgan fingerprint density at radius 3 is 2.43 bits per heavy atom. The van der Waals surface area contributed by atoms with Crippen molar-refractivity contribution in [1.29, 1.82) is 5.26 Å². The Bertz CT molecular complexity index is 1000. The minimum Gasteiger partial charge on any atom is -0.465 e. The average Bonchev–Trinajstić information content (AvgIpc) is 3.08. The van der Waals surface area contributed by atoms with E-state index in [1.54, 1.807) is 5.57 Å². The maximum Gasteiger partial charge on any atom is 0.310 e. The second-order valence-corrected chi connectivity index (χ2v) is 13.2. The lowest BCUT2D eigenvalue weighted by molar-refractivity contribution is -0.168. The molecule has 0 aliphatic heterocycles. The second-order valence-electron chi connectivity index (χ2n) is 13.2. The molecule has 0 saturated heterocycles.